The van der Waals surface area contributed by atoms with Crippen LogP contribution in [0.5, 0.6) is 0 Å². The molecule has 0 aliphatic carbocycles. The minimum atomic E-state index is -0.495. The van der Waals surface area contributed by atoms with Gasteiger partial charge in [0.05, 0.1) is 17.8 Å². The van der Waals surface area contributed by atoms with Gasteiger partial charge >= 0.3 is 0 Å². The first-order valence-corrected chi connectivity index (χ1v) is 6.51. The second kappa shape index (κ2) is 4.59. The SMILES string of the molecule is O=C1C(=O)N(Cc2cccnc2)c2c(Br)cccc21. The maximum absolute atomic E-state index is 12.1. The number of pyridine rings is 1. The van der Waals surface area contributed by atoms with Gasteiger partial charge in [0, 0.05) is 16.9 Å². The lowest BCUT2D eigenvalue weighted by Crippen LogP contribution is -2.29. The zero-order valence-corrected chi connectivity index (χ0v) is 11.4. The van der Waals surface area contributed by atoms with Crippen LogP contribution in [-0.4, -0.2) is 16.7 Å². The average molecular weight is 317 g/mol. The van der Waals surface area contributed by atoms with E-state index in [9.17, 15) is 9.59 Å². The summed E-state index contributed by atoms with van der Waals surface area (Å²) >= 11 is 3.39. The average Bonchev–Trinajstić information content (AvgIpc) is 2.67. The van der Waals surface area contributed by atoms with Gasteiger partial charge in [-0.3, -0.25) is 19.5 Å². The van der Waals surface area contributed by atoms with Gasteiger partial charge in [0.25, 0.3) is 11.7 Å². The lowest BCUT2D eigenvalue weighted by molar-refractivity contribution is -0.114. The van der Waals surface area contributed by atoms with Crippen molar-refractivity contribution in [1.82, 2.24) is 4.98 Å². The third kappa shape index (κ3) is 1.96. The van der Waals surface area contributed by atoms with E-state index in [2.05, 4.69) is 20.9 Å². The molecular weight excluding hydrogens is 308 g/mol. The van der Waals surface area contributed by atoms with Crippen molar-refractivity contribution in [3.05, 3.63) is 58.3 Å². The second-order valence-electron chi connectivity index (χ2n) is 4.22. The summed E-state index contributed by atoms with van der Waals surface area (Å²) in [5.41, 5.74) is 1.97. The third-order valence-corrected chi connectivity index (χ3v) is 3.64. The molecule has 1 aromatic heterocycles. The molecule has 2 heterocycles. The molecule has 2 aromatic rings. The number of hydrogen-bond donors (Lipinski definition) is 0. The number of ketones is 1. The van der Waals surface area contributed by atoms with E-state index in [0.29, 0.717) is 17.8 Å². The number of para-hydroxylation sites is 1. The van der Waals surface area contributed by atoms with E-state index >= 15 is 0 Å². The fourth-order valence-electron chi connectivity index (χ4n) is 2.14. The highest BCUT2D eigenvalue weighted by molar-refractivity contribution is 9.10. The van der Waals surface area contributed by atoms with Crippen LogP contribution in [0.1, 0.15) is 15.9 Å². The van der Waals surface area contributed by atoms with Crippen molar-refractivity contribution in [2.24, 2.45) is 0 Å². The Morgan fingerprint density at radius 3 is 2.74 bits per heavy atom. The van der Waals surface area contributed by atoms with Crippen LogP contribution in [0.2, 0.25) is 0 Å². The Morgan fingerprint density at radius 1 is 1.16 bits per heavy atom. The Hall–Kier alpha value is -2.01. The molecule has 1 aromatic carbocycles. The number of nitrogens with zero attached hydrogens (tertiary/aromatic N) is 2. The Morgan fingerprint density at radius 2 is 2.00 bits per heavy atom. The largest absolute Gasteiger partial charge is 0.299 e. The van der Waals surface area contributed by atoms with Gasteiger partial charge in [-0.15, -0.1) is 0 Å². The smallest absolute Gasteiger partial charge is 0.299 e. The van der Waals surface area contributed by atoms with Crippen molar-refractivity contribution >= 4 is 33.3 Å². The van der Waals surface area contributed by atoms with E-state index in [1.165, 1.54) is 4.90 Å². The number of fused-ring (bicyclic) bond motifs is 1. The van der Waals surface area contributed by atoms with Gasteiger partial charge in [-0.25, -0.2) is 0 Å². The van der Waals surface area contributed by atoms with Gasteiger partial charge in [0.2, 0.25) is 0 Å². The number of rotatable bonds is 2. The van der Waals surface area contributed by atoms with Crippen molar-refractivity contribution in [1.29, 1.82) is 0 Å². The summed E-state index contributed by atoms with van der Waals surface area (Å²) in [7, 11) is 0. The van der Waals surface area contributed by atoms with E-state index in [0.717, 1.165) is 10.0 Å². The van der Waals surface area contributed by atoms with Gasteiger partial charge in [-0.1, -0.05) is 12.1 Å². The summed E-state index contributed by atoms with van der Waals surface area (Å²) in [6.45, 7) is 0.341. The second-order valence-corrected chi connectivity index (χ2v) is 5.07. The molecule has 1 aliphatic rings. The number of aromatic nitrogens is 1. The summed E-state index contributed by atoms with van der Waals surface area (Å²) in [4.78, 5) is 29.5. The predicted molar refractivity (Wildman–Crippen MR) is 73.9 cm³/mol. The van der Waals surface area contributed by atoms with Crippen LogP contribution in [0.15, 0.2) is 47.2 Å². The number of benzene rings is 1. The van der Waals surface area contributed by atoms with Crippen molar-refractivity contribution < 1.29 is 9.59 Å². The van der Waals surface area contributed by atoms with Crippen LogP contribution in [0.4, 0.5) is 5.69 Å². The molecule has 1 amide bonds. The van der Waals surface area contributed by atoms with Crippen molar-refractivity contribution in [2.45, 2.75) is 6.54 Å². The molecule has 0 atom stereocenters. The number of anilines is 1. The van der Waals surface area contributed by atoms with Gasteiger partial charge in [-0.2, -0.15) is 0 Å². The number of hydrogen-bond acceptors (Lipinski definition) is 3. The zero-order valence-electron chi connectivity index (χ0n) is 9.84. The summed E-state index contributed by atoms with van der Waals surface area (Å²) in [6, 6.07) is 8.92. The molecule has 0 spiro atoms. The quantitative estimate of drug-likeness (QED) is 0.800. The number of carbonyl (C=O) groups excluding carboxylic acids is 2. The van der Waals surface area contributed by atoms with E-state index in [1.807, 2.05) is 12.1 Å². The highest BCUT2D eigenvalue weighted by atomic mass is 79.9. The van der Waals surface area contributed by atoms with Crippen LogP contribution in [0.25, 0.3) is 0 Å². The Labute approximate surface area is 118 Å². The van der Waals surface area contributed by atoms with Crippen LogP contribution >= 0.6 is 15.9 Å². The highest BCUT2D eigenvalue weighted by Gasteiger charge is 2.37. The van der Waals surface area contributed by atoms with E-state index in [4.69, 9.17) is 0 Å². The minimum Gasteiger partial charge on any atom is -0.299 e. The van der Waals surface area contributed by atoms with Gasteiger partial charge in [0.1, 0.15) is 0 Å². The standard InChI is InChI=1S/C14H9BrN2O2/c15-11-5-1-4-10-12(11)17(14(19)13(10)18)8-9-3-2-6-16-7-9/h1-7H,8H2. The third-order valence-electron chi connectivity index (χ3n) is 3.00. The van der Waals surface area contributed by atoms with Crippen LogP contribution < -0.4 is 4.90 Å². The molecule has 0 radical (unpaired) electrons. The summed E-state index contributed by atoms with van der Waals surface area (Å²) < 4.78 is 0.744. The molecule has 0 saturated heterocycles. The van der Waals surface area contributed by atoms with E-state index in [1.54, 1.807) is 30.6 Å². The van der Waals surface area contributed by atoms with Crippen LogP contribution in [0, 0.1) is 0 Å². The fourth-order valence-corrected chi connectivity index (χ4v) is 2.72. The monoisotopic (exact) mass is 316 g/mol. The lowest BCUT2D eigenvalue weighted by atomic mass is 10.1. The number of amides is 1. The molecule has 5 heteroatoms. The molecule has 4 nitrogen and oxygen atoms in total. The van der Waals surface area contributed by atoms with Gasteiger partial charge < -0.3 is 0 Å². The minimum absolute atomic E-state index is 0.341. The number of Topliss-reactive ketones (excluding diaryl/α,β-unsaturated/α-hetero) is 1. The summed E-state index contributed by atoms with van der Waals surface area (Å²) in [6.07, 6.45) is 3.36. The molecular formula is C14H9BrN2O2. The molecule has 19 heavy (non-hydrogen) atoms. The van der Waals surface area contributed by atoms with E-state index < -0.39 is 11.7 Å². The molecule has 0 N–H and O–H groups in total. The Balaban J connectivity index is 2.04. The first kappa shape index (κ1) is 12.0. The zero-order chi connectivity index (χ0) is 13.4. The first-order valence-electron chi connectivity index (χ1n) is 5.72. The maximum atomic E-state index is 12.1. The molecule has 1 aliphatic heterocycles. The van der Waals surface area contributed by atoms with E-state index in [-0.39, 0.29) is 0 Å². The van der Waals surface area contributed by atoms with Crippen molar-refractivity contribution in [3.8, 4) is 0 Å². The predicted octanol–water partition coefficient (Wildman–Crippen LogP) is 2.57. The topological polar surface area (TPSA) is 50.3 Å². The normalized spacial score (nSPS) is 13.8. The Bertz CT molecular complexity index is 670. The van der Waals surface area contributed by atoms with Crippen molar-refractivity contribution in [2.75, 3.05) is 4.90 Å². The van der Waals surface area contributed by atoms with Crippen LogP contribution in [0.3, 0.4) is 0 Å². The van der Waals surface area contributed by atoms with Gasteiger partial charge in [0.15, 0.2) is 0 Å². The van der Waals surface area contributed by atoms with Gasteiger partial charge in [-0.05, 0) is 39.7 Å². The van der Waals surface area contributed by atoms with Crippen molar-refractivity contribution in [3.63, 3.8) is 0 Å². The Kier molecular flexibility index (Phi) is 2.91. The maximum Gasteiger partial charge on any atom is 0.299 e. The number of halogens is 1. The van der Waals surface area contributed by atoms with Crippen LogP contribution in [-0.2, 0) is 11.3 Å². The summed E-state index contributed by atoms with van der Waals surface area (Å²) in [5.74, 6) is -0.953. The molecule has 3 rings (SSSR count). The lowest BCUT2D eigenvalue weighted by Gasteiger charge is -2.17. The molecule has 0 fully saturated rings. The highest BCUT2D eigenvalue weighted by Crippen LogP contribution is 2.36. The first-order chi connectivity index (χ1) is 9.18. The summed E-state index contributed by atoms with van der Waals surface area (Å²) in [5, 5.41) is 0. The molecule has 0 bridgehead atoms. The molecule has 94 valence electrons. The molecule has 0 unspecified atom stereocenters. The number of carbonyl (C=O) groups is 2. The fraction of sp³-hybridized carbons (Fsp3) is 0.0714. The molecule has 0 saturated carbocycles.